The van der Waals surface area contributed by atoms with Crippen molar-refractivity contribution in [1.29, 1.82) is 0 Å². The quantitative estimate of drug-likeness (QED) is 0.438. The Kier molecular flexibility index (Phi) is 5.41. The summed E-state index contributed by atoms with van der Waals surface area (Å²) in [5, 5.41) is 3.28. The van der Waals surface area contributed by atoms with Gasteiger partial charge >= 0.3 is 0 Å². The molecule has 1 N–H and O–H groups in total. The standard InChI is InChI=1S/C27H23N5O3/c1-17-24(27(35)32(30(17)3)21-9-5-4-6-10-21)29-25(33)19-13-15-20(16-14-19)31-18(2)28-23-12-8-7-11-22(23)26(31)34/h4-16H,1-3H3,(H,29,33). The maximum atomic E-state index is 13.1. The molecule has 0 fully saturated rings. The van der Waals surface area contributed by atoms with Gasteiger partial charge in [0.05, 0.1) is 28.0 Å². The topological polar surface area (TPSA) is 90.9 Å². The minimum atomic E-state index is -0.414. The Labute approximate surface area is 200 Å². The molecule has 0 saturated heterocycles. The number of aromatic nitrogens is 4. The lowest BCUT2D eigenvalue weighted by molar-refractivity contribution is 0.102. The van der Waals surface area contributed by atoms with E-state index >= 15 is 0 Å². The number of rotatable bonds is 4. The molecule has 0 bridgehead atoms. The molecular formula is C27H23N5O3. The molecule has 0 saturated carbocycles. The molecule has 1 amide bonds. The molecule has 2 heterocycles. The molecule has 2 aromatic heterocycles. The van der Waals surface area contributed by atoms with Gasteiger partial charge in [0.2, 0.25) is 0 Å². The summed E-state index contributed by atoms with van der Waals surface area (Å²) in [5.41, 5.74) is 2.67. The van der Waals surface area contributed by atoms with Crippen molar-refractivity contribution in [3.8, 4) is 11.4 Å². The number of aryl methyl sites for hydroxylation is 1. The second kappa shape index (κ2) is 8.57. The van der Waals surface area contributed by atoms with Crippen LogP contribution in [0, 0.1) is 13.8 Å². The smallest absolute Gasteiger partial charge is 0.295 e. The molecule has 35 heavy (non-hydrogen) atoms. The van der Waals surface area contributed by atoms with Crippen LogP contribution >= 0.6 is 0 Å². The van der Waals surface area contributed by atoms with Crippen LogP contribution < -0.4 is 16.4 Å². The average Bonchev–Trinajstić information content (AvgIpc) is 3.08. The zero-order valence-electron chi connectivity index (χ0n) is 19.5. The van der Waals surface area contributed by atoms with Crippen molar-refractivity contribution in [3.63, 3.8) is 0 Å². The molecule has 174 valence electrons. The normalized spacial score (nSPS) is 11.1. The molecule has 0 spiro atoms. The van der Waals surface area contributed by atoms with Gasteiger partial charge in [-0.25, -0.2) is 9.67 Å². The van der Waals surface area contributed by atoms with Gasteiger partial charge in [-0.05, 0) is 62.4 Å². The summed E-state index contributed by atoms with van der Waals surface area (Å²) in [4.78, 5) is 43.6. The molecule has 5 rings (SSSR count). The molecule has 5 aromatic rings. The monoisotopic (exact) mass is 465 g/mol. The fraction of sp³-hybridized carbons (Fsp3) is 0.111. The zero-order chi connectivity index (χ0) is 24.7. The van der Waals surface area contributed by atoms with E-state index < -0.39 is 5.91 Å². The highest BCUT2D eigenvalue weighted by Crippen LogP contribution is 2.17. The molecule has 3 aromatic carbocycles. The van der Waals surface area contributed by atoms with Crippen LogP contribution in [0.5, 0.6) is 0 Å². The first-order valence-corrected chi connectivity index (χ1v) is 11.1. The molecule has 0 aliphatic carbocycles. The van der Waals surface area contributed by atoms with E-state index in [-0.39, 0.29) is 16.8 Å². The minimum absolute atomic E-state index is 0.174. The molecular weight excluding hydrogens is 442 g/mol. The molecule has 8 nitrogen and oxygen atoms in total. The fourth-order valence-electron chi connectivity index (χ4n) is 4.21. The van der Waals surface area contributed by atoms with Crippen LogP contribution in [-0.4, -0.2) is 24.8 Å². The van der Waals surface area contributed by atoms with Crippen molar-refractivity contribution >= 4 is 22.5 Å². The highest BCUT2D eigenvalue weighted by atomic mass is 16.2. The maximum Gasteiger partial charge on any atom is 0.295 e. The lowest BCUT2D eigenvalue weighted by Gasteiger charge is -2.11. The molecule has 0 aliphatic rings. The summed E-state index contributed by atoms with van der Waals surface area (Å²) < 4.78 is 4.73. The number of hydrogen-bond acceptors (Lipinski definition) is 4. The Bertz CT molecular complexity index is 1690. The van der Waals surface area contributed by atoms with Crippen LogP contribution in [0.1, 0.15) is 21.9 Å². The SMILES string of the molecule is Cc1nc2ccccc2c(=O)n1-c1ccc(C(=O)Nc2c(C)n(C)n(-c3ccccc3)c2=O)cc1. The van der Waals surface area contributed by atoms with Gasteiger partial charge in [0.1, 0.15) is 11.5 Å². The van der Waals surface area contributed by atoms with E-state index in [2.05, 4.69) is 10.3 Å². The van der Waals surface area contributed by atoms with E-state index in [9.17, 15) is 14.4 Å². The summed E-state index contributed by atoms with van der Waals surface area (Å²) in [7, 11) is 1.77. The molecule has 0 atom stereocenters. The average molecular weight is 466 g/mol. The number of nitrogens with zero attached hydrogens (tertiary/aromatic N) is 4. The Balaban J connectivity index is 1.46. The first kappa shape index (κ1) is 22.1. The first-order chi connectivity index (χ1) is 16.9. The van der Waals surface area contributed by atoms with Crippen molar-refractivity contribution in [2.75, 3.05) is 5.32 Å². The number of amides is 1. The molecule has 0 radical (unpaired) electrons. The Morgan fingerprint density at radius 2 is 1.46 bits per heavy atom. The molecule has 0 unspecified atom stereocenters. The second-order valence-electron chi connectivity index (χ2n) is 8.25. The van der Waals surface area contributed by atoms with Gasteiger partial charge in [0.25, 0.3) is 17.0 Å². The zero-order valence-corrected chi connectivity index (χ0v) is 19.5. The van der Waals surface area contributed by atoms with E-state index in [0.29, 0.717) is 39.4 Å². The number of fused-ring (bicyclic) bond motifs is 1. The number of carbonyl (C=O) groups excluding carboxylic acids is 1. The predicted molar refractivity (Wildman–Crippen MR) is 136 cm³/mol. The third kappa shape index (κ3) is 3.74. The second-order valence-corrected chi connectivity index (χ2v) is 8.25. The lowest BCUT2D eigenvalue weighted by Crippen LogP contribution is -2.23. The van der Waals surface area contributed by atoms with Crippen LogP contribution in [0.4, 0.5) is 5.69 Å². The number of hydrogen-bond donors (Lipinski definition) is 1. The number of nitrogens with one attached hydrogen (secondary N) is 1. The van der Waals surface area contributed by atoms with Gasteiger partial charge < -0.3 is 5.32 Å². The Morgan fingerprint density at radius 3 is 2.17 bits per heavy atom. The van der Waals surface area contributed by atoms with Crippen LogP contribution in [0.15, 0.2) is 88.5 Å². The van der Waals surface area contributed by atoms with Crippen molar-refractivity contribution in [2.24, 2.45) is 7.05 Å². The van der Waals surface area contributed by atoms with Gasteiger partial charge in [0, 0.05) is 12.6 Å². The van der Waals surface area contributed by atoms with Crippen molar-refractivity contribution < 1.29 is 4.79 Å². The maximum absolute atomic E-state index is 13.1. The molecule has 8 heteroatoms. The van der Waals surface area contributed by atoms with Crippen LogP contribution in [0.25, 0.3) is 22.3 Å². The van der Waals surface area contributed by atoms with Crippen molar-refractivity contribution in [2.45, 2.75) is 13.8 Å². The fourth-order valence-corrected chi connectivity index (χ4v) is 4.21. The van der Waals surface area contributed by atoms with E-state index in [1.807, 2.05) is 36.4 Å². The third-order valence-corrected chi connectivity index (χ3v) is 6.12. The Morgan fingerprint density at radius 1 is 0.800 bits per heavy atom. The number of para-hydroxylation sites is 2. The van der Waals surface area contributed by atoms with Crippen LogP contribution in [0.3, 0.4) is 0 Å². The summed E-state index contributed by atoms with van der Waals surface area (Å²) in [5.74, 6) is 0.135. The van der Waals surface area contributed by atoms with E-state index in [1.165, 1.54) is 9.25 Å². The number of anilines is 1. The van der Waals surface area contributed by atoms with Crippen molar-refractivity contribution in [1.82, 2.24) is 18.9 Å². The summed E-state index contributed by atoms with van der Waals surface area (Å²) in [6.07, 6.45) is 0. The first-order valence-electron chi connectivity index (χ1n) is 11.1. The summed E-state index contributed by atoms with van der Waals surface area (Å²) in [6, 6.07) is 23.1. The molecule has 0 aliphatic heterocycles. The van der Waals surface area contributed by atoms with Crippen LogP contribution in [0.2, 0.25) is 0 Å². The van der Waals surface area contributed by atoms with Gasteiger partial charge in [0.15, 0.2) is 0 Å². The van der Waals surface area contributed by atoms with E-state index in [4.69, 9.17) is 0 Å². The van der Waals surface area contributed by atoms with Gasteiger partial charge in [-0.2, -0.15) is 0 Å². The van der Waals surface area contributed by atoms with Crippen LogP contribution in [-0.2, 0) is 7.05 Å². The minimum Gasteiger partial charge on any atom is -0.316 e. The lowest BCUT2D eigenvalue weighted by atomic mass is 10.1. The largest absolute Gasteiger partial charge is 0.316 e. The van der Waals surface area contributed by atoms with E-state index in [0.717, 1.165) is 0 Å². The van der Waals surface area contributed by atoms with Gasteiger partial charge in [-0.1, -0.05) is 30.3 Å². The highest BCUT2D eigenvalue weighted by Gasteiger charge is 2.19. The number of benzene rings is 3. The van der Waals surface area contributed by atoms with E-state index in [1.54, 1.807) is 68.0 Å². The summed E-state index contributed by atoms with van der Waals surface area (Å²) >= 11 is 0. The highest BCUT2D eigenvalue weighted by molar-refractivity contribution is 6.04. The summed E-state index contributed by atoms with van der Waals surface area (Å²) in [6.45, 7) is 3.55. The predicted octanol–water partition coefficient (Wildman–Crippen LogP) is 3.74. The van der Waals surface area contributed by atoms with Crippen molar-refractivity contribution in [3.05, 3.63) is 117 Å². The number of carbonyl (C=O) groups is 1. The van der Waals surface area contributed by atoms with Gasteiger partial charge in [-0.15, -0.1) is 0 Å². The van der Waals surface area contributed by atoms with Gasteiger partial charge in [-0.3, -0.25) is 23.6 Å². The Hall–Kier alpha value is -4.72. The third-order valence-electron chi connectivity index (χ3n) is 6.12.